The summed E-state index contributed by atoms with van der Waals surface area (Å²) in [4.78, 5) is 18.8. The number of anilines is 1. The number of morpholine rings is 1. The molecule has 1 N–H and O–H groups in total. The Morgan fingerprint density at radius 1 is 1.29 bits per heavy atom. The first-order valence-corrected chi connectivity index (χ1v) is 8.43. The standard InChI is InChI=1S/C17H17BrFN3O2/c18-15-3-2-13(19)9-14(15)17(23)21-11-12-1-4-16(20-10-12)22-5-7-24-8-6-22/h1-4,9-10H,5-8,11H2,(H,21,23). The summed E-state index contributed by atoms with van der Waals surface area (Å²) >= 11 is 3.26. The second kappa shape index (κ2) is 7.72. The van der Waals surface area contributed by atoms with Crippen molar-refractivity contribution in [2.45, 2.75) is 6.54 Å². The first-order chi connectivity index (χ1) is 11.6. The Morgan fingerprint density at radius 2 is 2.08 bits per heavy atom. The quantitative estimate of drug-likeness (QED) is 0.867. The summed E-state index contributed by atoms with van der Waals surface area (Å²) in [5.74, 6) is 0.125. The molecule has 0 saturated carbocycles. The van der Waals surface area contributed by atoms with Crippen LogP contribution in [-0.4, -0.2) is 37.2 Å². The lowest BCUT2D eigenvalue weighted by Crippen LogP contribution is -2.36. The molecule has 1 saturated heterocycles. The molecule has 126 valence electrons. The molecule has 24 heavy (non-hydrogen) atoms. The summed E-state index contributed by atoms with van der Waals surface area (Å²) in [5.41, 5.74) is 1.15. The minimum Gasteiger partial charge on any atom is -0.378 e. The molecule has 1 aromatic heterocycles. The lowest BCUT2D eigenvalue weighted by Gasteiger charge is -2.27. The van der Waals surface area contributed by atoms with Crippen LogP contribution in [0.3, 0.4) is 0 Å². The van der Waals surface area contributed by atoms with Crippen LogP contribution in [0.2, 0.25) is 0 Å². The highest BCUT2D eigenvalue weighted by atomic mass is 79.9. The summed E-state index contributed by atoms with van der Waals surface area (Å²) in [6.45, 7) is 3.41. The average molecular weight is 394 g/mol. The summed E-state index contributed by atoms with van der Waals surface area (Å²) in [6, 6.07) is 7.89. The zero-order valence-electron chi connectivity index (χ0n) is 13.0. The molecular weight excluding hydrogens is 377 g/mol. The topological polar surface area (TPSA) is 54.5 Å². The summed E-state index contributed by atoms with van der Waals surface area (Å²) in [7, 11) is 0. The van der Waals surface area contributed by atoms with E-state index in [0.29, 0.717) is 24.2 Å². The van der Waals surface area contributed by atoms with Gasteiger partial charge in [-0.25, -0.2) is 9.37 Å². The van der Waals surface area contributed by atoms with Crippen LogP contribution in [0.25, 0.3) is 0 Å². The number of nitrogens with zero attached hydrogens (tertiary/aromatic N) is 2. The van der Waals surface area contributed by atoms with Crippen LogP contribution in [-0.2, 0) is 11.3 Å². The van der Waals surface area contributed by atoms with Gasteiger partial charge < -0.3 is 15.0 Å². The van der Waals surface area contributed by atoms with Crippen LogP contribution in [0.1, 0.15) is 15.9 Å². The zero-order chi connectivity index (χ0) is 16.9. The van der Waals surface area contributed by atoms with Crippen molar-refractivity contribution in [2.75, 3.05) is 31.2 Å². The van der Waals surface area contributed by atoms with Crippen molar-refractivity contribution in [3.05, 3.63) is 57.9 Å². The second-order valence-electron chi connectivity index (χ2n) is 5.43. The van der Waals surface area contributed by atoms with Gasteiger partial charge in [-0.3, -0.25) is 4.79 Å². The molecule has 5 nitrogen and oxygen atoms in total. The summed E-state index contributed by atoms with van der Waals surface area (Å²) < 4.78 is 19.1. The minimum atomic E-state index is -0.445. The van der Waals surface area contributed by atoms with Gasteiger partial charge in [0.05, 0.1) is 18.8 Å². The number of benzene rings is 1. The highest BCUT2D eigenvalue weighted by Gasteiger charge is 2.13. The Kier molecular flexibility index (Phi) is 5.42. The number of aromatic nitrogens is 1. The molecule has 0 atom stereocenters. The van der Waals surface area contributed by atoms with Crippen LogP contribution >= 0.6 is 15.9 Å². The van der Waals surface area contributed by atoms with Gasteiger partial charge in [0.25, 0.3) is 5.91 Å². The Morgan fingerprint density at radius 3 is 2.79 bits per heavy atom. The maximum atomic E-state index is 13.3. The van der Waals surface area contributed by atoms with Gasteiger partial charge in [0, 0.05) is 30.3 Å². The van der Waals surface area contributed by atoms with E-state index >= 15 is 0 Å². The molecule has 0 aliphatic carbocycles. The number of pyridine rings is 1. The molecule has 0 spiro atoms. The maximum Gasteiger partial charge on any atom is 0.252 e. The fraction of sp³-hybridized carbons (Fsp3) is 0.294. The number of hydrogen-bond donors (Lipinski definition) is 1. The molecule has 1 amide bonds. The Labute approximate surface area is 148 Å². The van der Waals surface area contributed by atoms with E-state index in [0.717, 1.165) is 24.5 Å². The third-order valence-electron chi connectivity index (χ3n) is 3.77. The molecule has 0 unspecified atom stereocenters. The van der Waals surface area contributed by atoms with Crippen LogP contribution in [0.5, 0.6) is 0 Å². The second-order valence-corrected chi connectivity index (χ2v) is 6.29. The van der Waals surface area contributed by atoms with Gasteiger partial charge >= 0.3 is 0 Å². The van der Waals surface area contributed by atoms with E-state index in [9.17, 15) is 9.18 Å². The highest BCUT2D eigenvalue weighted by Crippen LogP contribution is 2.18. The van der Waals surface area contributed by atoms with E-state index in [2.05, 4.69) is 31.1 Å². The number of nitrogens with one attached hydrogen (secondary N) is 1. The molecule has 1 fully saturated rings. The minimum absolute atomic E-state index is 0.271. The van der Waals surface area contributed by atoms with Crippen LogP contribution in [0.15, 0.2) is 41.0 Å². The van der Waals surface area contributed by atoms with E-state index in [4.69, 9.17) is 4.74 Å². The van der Waals surface area contributed by atoms with Crippen molar-refractivity contribution in [1.29, 1.82) is 0 Å². The highest BCUT2D eigenvalue weighted by molar-refractivity contribution is 9.10. The number of carbonyl (C=O) groups excluding carboxylic acids is 1. The maximum absolute atomic E-state index is 13.3. The van der Waals surface area contributed by atoms with Gasteiger partial charge in [0.15, 0.2) is 0 Å². The lowest BCUT2D eigenvalue weighted by atomic mass is 10.2. The normalized spacial score (nSPS) is 14.5. The molecule has 1 aliphatic heterocycles. The molecule has 0 radical (unpaired) electrons. The molecule has 7 heteroatoms. The molecule has 2 heterocycles. The monoisotopic (exact) mass is 393 g/mol. The fourth-order valence-electron chi connectivity index (χ4n) is 2.45. The van der Waals surface area contributed by atoms with Gasteiger partial charge in [0.1, 0.15) is 11.6 Å². The number of halogens is 2. The van der Waals surface area contributed by atoms with E-state index in [1.54, 1.807) is 6.20 Å². The van der Waals surface area contributed by atoms with Crippen LogP contribution in [0.4, 0.5) is 10.2 Å². The van der Waals surface area contributed by atoms with Crippen molar-refractivity contribution < 1.29 is 13.9 Å². The Bertz CT molecular complexity index is 718. The van der Waals surface area contributed by atoms with E-state index in [1.807, 2.05) is 12.1 Å². The van der Waals surface area contributed by atoms with Crippen molar-refractivity contribution in [3.8, 4) is 0 Å². The van der Waals surface area contributed by atoms with Crippen molar-refractivity contribution in [2.24, 2.45) is 0 Å². The van der Waals surface area contributed by atoms with E-state index in [-0.39, 0.29) is 11.5 Å². The molecule has 1 aromatic carbocycles. The molecular formula is C17H17BrFN3O2. The van der Waals surface area contributed by atoms with Crippen LogP contribution < -0.4 is 10.2 Å². The third kappa shape index (κ3) is 4.10. The number of amides is 1. The first-order valence-electron chi connectivity index (χ1n) is 7.64. The smallest absolute Gasteiger partial charge is 0.252 e. The van der Waals surface area contributed by atoms with Gasteiger partial charge in [-0.1, -0.05) is 6.07 Å². The van der Waals surface area contributed by atoms with E-state index in [1.165, 1.54) is 18.2 Å². The molecule has 1 aliphatic rings. The summed E-state index contributed by atoms with van der Waals surface area (Å²) in [6.07, 6.45) is 1.74. The average Bonchev–Trinajstić information content (AvgIpc) is 2.63. The lowest BCUT2D eigenvalue weighted by molar-refractivity contribution is 0.0949. The third-order valence-corrected chi connectivity index (χ3v) is 4.46. The predicted octanol–water partition coefficient (Wildman–Crippen LogP) is 2.75. The van der Waals surface area contributed by atoms with Crippen molar-refractivity contribution >= 4 is 27.7 Å². The predicted molar refractivity (Wildman–Crippen MR) is 92.5 cm³/mol. The number of ether oxygens (including phenoxy) is 1. The molecule has 3 rings (SSSR count). The van der Waals surface area contributed by atoms with Gasteiger partial charge in [0.2, 0.25) is 0 Å². The largest absolute Gasteiger partial charge is 0.378 e. The van der Waals surface area contributed by atoms with Gasteiger partial charge in [-0.2, -0.15) is 0 Å². The number of carbonyl (C=O) groups is 1. The molecule has 0 bridgehead atoms. The van der Waals surface area contributed by atoms with Gasteiger partial charge in [-0.05, 0) is 45.8 Å². The van der Waals surface area contributed by atoms with Crippen LogP contribution in [0, 0.1) is 5.82 Å². The Hall–Kier alpha value is -1.99. The molecule has 2 aromatic rings. The summed E-state index contributed by atoms with van der Waals surface area (Å²) in [5, 5.41) is 2.77. The first kappa shape index (κ1) is 16.9. The fourth-order valence-corrected chi connectivity index (χ4v) is 2.88. The van der Waals surface area contributed by atoms with Gasteiger partial charge in [-0.15, -0.1) is 0 Å². The van der Waals surface area contributed by atoms with Crippen molar-refractivity contribution in [3.63, 3.8) is 0 Å². The van der Waals surface area contributed by atoms with Crippen molar-refractivity contribution in [1.82, 2.24) is 10.3 Å². The Balaban J connectivity index is 1.60. The SMILES string of the molecule is O=C(NCc1ccc(N2CCOCC2)nc1)c1cc(F)ccc1Br. The number of hydrogen-bond acceptors (Lipinski definition) is 4. The number of rotatable bonds is 4. The zero-order valence-corrected chi connectivity index (χ0v) is 14.6. The van der Waals surface area contributed by atoms with E-state index < -0.39 is 5.82 Å².